The van der Waals surface area contributed by atoms with E-state index in [1.54, 1.807) is 30.3 Å². The van der Waals surface area contributed by atoms with E-state index < -0.39 is 12.0 Å². The van der Waals surface area contributed by atoms with Gasteiger partial charge in [-0.2, -0.15) is 13.2 Å². The number of fused-ring (bicyclic) bond motifs is 1. The Morgan fingerprint density at radius 2 is 1.78 bits per heavy atom. The summed E-state index contributed by atoms with van der Waals surface area (Å²) in [5.74, 6) is -1.32. The number of aryl methyl sites for hydroxylation is 1. The van der Waals surface area contributed by atoms with Crippen LogP contribution < -0.4 is 5.32 Å². The Kier molecular flexibility index (Phi) is 3.55. The summed E-state index contributed by atoms with van der Waals surface area (Å²) >= 11 is 0. The largest absolute Gasteiger partial charge is 0.506 e. The minimum atomic E-state index is -4.66. The smallest absolute Gasteiger partial charge is 0.451 e. The van der Waals surface area contributed by atoms with Gasteiger partial charge in [0.2, 0.25) is 5.82 Å². The van der Waals surface area contributed by atoms with Gasteiger partial charge in [0.15, 0.2) is 0 Å². The van der Waals surface area contributed by atoms with Crippen molar-refractivity contribution >= 4 is 22.4 Å². The summed E-state index contributed by atoms with van der Waals surface area (Å²) in [5.41, 5.74) is 1.30. The maximum absolute atomic E-state index is 13.0. The Hall–Kier alpha value is -2.83. The summed E-state index contributed by atoms with van der Waals surface area (Å²) in [7, 11) is 0. The first-order valence-electron chi connectivity index (χ1n) is 6.75. The molecule has 0 amide bonds. The van der Waals surface area contributed by atoms with Crippen molar-refractivity contribution in [3.63, 3.8) is 0 Å². The van der Waals surface area contributed by atoms with E-state index in [1.807, 2.05) is 6.92 Å². The molecule has 23 heavy (non-hydrogen) atoms. The van der Waals surface area contributed by atoms with Crippen LogP contribution in [0.25, 0.3) is 10.9 Å². The Morgan fingerprint density at radius 1 is 1.04 bits per heavy atom. The van der Waals surface area contributed by atoms with Gasteiger partial charge in [0.1, 0.15) is 11.6 Å². The number of nitrogens with zero attached hydrogens (tertiary/aromatic N) is 2. The van der Waals surface area contributed by atoms with Crippen LogP contribution in [0.3, 0.4) is 0 Å². The summed E-state index contributed by atoms with van der Waals surface area (Å²) in [6.45, 7) is 1.82. The predicted molar refractivity (Wildman–Crippen MR) is 80.7 cm³/mol. The summed E-state index contributed by atoms with van der Waals surface area (Å²) in [5, 5.41) is 13.0. The van der Waals surface area contributed by atoms with Gasteiger partial charge in [-0.25, -0.2) is 9.97 Å². The predicted octanol–water partition coefficient (Wildman–Crippen LogP) is 4.41. The van der Waals surface area contributed by atoms with E-state index in [9.17, 15) is 18.3 Å². The van der Waals surface area contributed by atoms with Gasteiger partial charge < -0.3 is 10.4 Å². The van der Waals surface area contributed by atoms with E-state index >= 15 is 0 Å². The molecule has 3 aromatic rings. The van der Waals surface area contributed by atoms with Crippen LogP contribution in [0.15, 0.2) is 42.5 Å². The van der Waals surface area contributed by atoms with Gasteiger partial charge in [0.05, 0.1) is 11.2 Å². The normalized spacial score (nSPS) is 11.7. The molecule has 0 saturated heterocycles. The van der Waals surface area contributed by atoms with Crippen molar-refractivity contribution in [2.75, 3.05) is 5.32 Å². The number of hydrogen-bond acceptors (Lipinski definition) is 4. The lowest BCUT2D eigenvalue weighted by atomic mass is 10.1. The highest BCUT2D eigenvalue weighted by Crippen LogP contribution is 2.33. The van der Waals surface area contributed by atoms with Crippen LogP contribution in [-0.4, -0.2) is 15.1 Å². The molecule has 1 heterocycles. The average Bonchev–Trinajstić information content (AvgIpc) is 2.48. The molecule has 0 spiro atoms. The van der Waals surface area contributed by atoms with Crippen molar-refractivity contribution in [3.05, 3.63) is 53.9 Å². The SMILES string of the molecule is Cc1ccc2nc(C(F)(F)F)nc(Nc3ccccc3O)c2c1. The van der Waals surface area contributed by atoms with Crippen LogP contribution in [0, 0.1) is 6.92 Å². The van der Waals surface area contributed by atoms with Gasteiger partial charge >= 0.3 is 6.18 Å². The van der Waals surface area contributed by atoms with Crippen LogP contribution in [0.1, 0.15) is 11.4 Å². The quantitative estimate of drug-likeness (QED) is 0.687. The summed E-state index contributed by atoms with van der Waals surface area (Å²) in [4.78, 5) is 7.17. The third-order valence-corrected chi connectivity index (χ3v) is 3.26. The highest BCUT2D eigenvalue weighted by molar-refractivity contribution is 5.91. The molecule has 0 saturated carbocycles. The van der Waals surface area contributed by atoms with Gasteiger partial charge in [-0.15, -0.1) is 0 Å². The maximum Gasteiger partial charge on any atom is 0.451 e. The zero-order valence-corrected chi connectivity index (χ0v) is 12.0. The third-order valence-electron chi connectivity index (χ3n) is 3.26. The number of para-hydroxylation sites is 2. The number of phenols is 1. The number of rotatable bonds is 2. The van der Waals surface area contributed by atoms with Crippen molar-refractivity contribution in [1.82, 2.24) is 9.97 Å². The van der Waals surface area contributed by atoms with Crippen LogP contribution in [0.4, 0.5) is 24.7 Å². The van der Waals surface area contributed by atoms with Gasteiger partial charge in [-0.1, -0.05) is 23.8 Å². The monoisotopic (exact) mass is 319 g/mol. The topological polar surface area (TPSA) is 58.0 Å². The average molecular weight is 319 g/mol. The van der Waals surface area contributed by atoms with Gasteiger partial charge in [-0.3, -0.25) is 0 Å². The Balaban J connectivity index is 2.20. The zero-order valence-electron chi connectivity index (χ0n) is 12.0. The van der Waals surface area contributed by atoms with Gasteiger partial charge in [0.25, 0.3) is 0 Å². The van der Waals surface area contributed by atoms with Crippen LogP contribution in [0.5, 0.6) is 5.75 Å². The minimum Gasteiger partial charge on any atom is -0.506 e. The lowest BCUT2D eigenvalue weighted by Crippen LogP contribution is -2.12. The molecular formula is C16H12F3N3O. The minimum absolute atomic E-state index is 0.00692. The number of alkyl halides is 3. The van der Waals surface area contributed by atoms with E-state index in [1.165, 1.54) is 12.1 Å². The van der Waals surface area contributed by atoms with Crippen molar-refractivity contribution in [3.8, 4) is 5.75 Å². The molecule has 7 heteroatoms. The standard InChI is InChI=1S/C16H12F3N3O/c1-9-6-7-11-10(8-9)14(22-15(21-11)16(17,18)19)20-12-4-2-3-5-13(12)23/h2-8,23H,1H3,(H,20,21,22). The molecule has 0 aliphatic carbocycles. The maximum atomic E-state index is 13.0. The second-order valence-electron chi connectivity index (χ2n) is 5.06. The number of benzene rings is 2. The number of halogens is 3. The first kappa shape index (κ1) is 15.1. The molecule has 0 unspecified atom stereocenters. The molecule has 0 aliphatic heterocycles. The second kappa shape index (κ2) is 5.42. The summed E-state index contributed by atoms with van der Waals surface area (Å²) < 4.78 is 39.0. The molecule has 0 fully saturated rings. The van der Waals surface area contributed by atoms with Crippen molar-refractivity contribution in [2.24, 2.45) is 0 Å². The van der Waals surface area contributed by atoms with Gasteiger partial charge in [0, 0.05) is 5.39 Å². The lowest BCUT2D eigenvalue weighted by molar-refractivity contribution is -0.144. The van der Waals surface area contributed by atoms with Crippen molar-refractivity contribution in [2.45, 2.75) is 13.1 Å². The molecule has 1 aromatic heterocycles. The molecule has 0 bridgehead atoms. The molecule has 0 atom stereocenters. The summed E-state index contributed by atoms with van der Waals surface area (Å²) in [6, 6.07) is 11.1. The molecule has 3 rings (SSSR count). The number of aromatic nitrogens is 2. The molecular weight excluding hydrogens is 307 g/mol. The Bertz CT molecular complexity index is 878. The molecule has 2 aromatic carbocycles. The van der Waals surface area contributed by atoms with E-state index in [0.717, 1.165) is 5.56 Å². The number of phenolic OH excluding ortho intramolecular Hbond substituents is 1. The second-order valence-corrected chi connectivity index (χ2v) is 5.06. The Labute approximate surface area is 129 Å². The number of aromatic hydroxyl groups is 1. The van der Waals surface area contributed by atoms with Crippen LogP contribution in [-0.2, 0) is 6.18 Å². The third kappa shape index (κ3) is 3.03. The van der Waals surface area contributed by atoms with Crippen LogP contribution in [0.2, 0.25) is 0 Å². The van der Waals surface area contributed by atoms with Crippen molar-refractivity contribution in [1.29, 1.82) is 0 Å². The number of anilines is 2. The van der Waals surface area contributed by atoms with E-state index in [2.05, 4.69) is 15.3 Å². The fourth-order valence-corrected chi connectivity index (χ4v) is 2.17. The molecule has 4 nitrogen and oxygen atoms in total. The highest BCUT2D eigenvalue weighted by atomic mass is 19.4. The fraction of sp³-hybridized carbons (Fsp3) is 0.125. The first-order chi connectivity index (χ1) is 10.8. The lowest BCUT2D eigenvalue weighted by Gasteiger charge is -2.13. The zero-order chi connectivity index (χ0) is 16.6. The number of hydrogen-bond donors (Lipinski definition) is 2. The van der Waals surface area contributed by atoms with E-state index in [-0.39, 0.29) is 22.8 Å². The highest BCUT2D eigenvalue weighted by Gasteiger charge is 2.35. The molecule has 118 valence electrons. The summed E-state index contributed by atoms with van der Waals surface area (Å²) in [6.07, 6.45) is -4.66. The molecule has 2 N–H and O–H groups in total. The number of nitrogens with one attached hydrogen (secondary N) is 1. The van der Waals surface area contributed by atoms with E-state index in [4.69, 9.17) is 0 Å². The fourth-order valence-electron chi connectivity index (χ4n) is 2.17. The van der Waals surface area contributed by atoms with Crippen molar-refractivity contribution < 1.29 is 18.3 Å². The molecule has 0 aliphatic rings. The first-order valence-corrected chi connectivity index (χ1v) is 6.75. The van der Waals surface area contributed by atoms with Gasteiger partial charge in [-0.05, 0) is 31.2 Å². The molecule has 0 radical (unpaired) electrons. The van der Waals surface area contributed by atoms with E-state index in [0.29, 0.717) is 5.39 Å². The Morgan fingerprint density at radius 3 is 2.48 bits per heavy atom. The van der Waals surface area contributed by atoms with Crippen LogP contribution >= 0.6 is 0 Å².